The number of hydrogen-bond acceptors (Lipinski definition) is 6. The van der Waals surface area contributed by atoms with Crippen molar-refractivity contribution in [3.63, 3.8) is 0 Å². The lowest BCUT2D eigenvalue weighted by Crippen LogP contribution is -2.31. The molecule has 8 nitrogen and oxygen atoms in total. The van der Waals surface area contributed by atoms with E-state index < -0.39 is 18.5 Å². The van der Waals surface area contributed by atoms with Gasteiger partial charge in [-0.3, -0.25) is 9.59 Å². The van der Waals surface area contributed by atoms with E-state index in [0.717, 1.165) is 5.56 Å². The van der Waals surface area contributed by atoms with Crippen LogP contribution in [0.4, 0.5) is 5.69 Å². The monoisotopic (exact) mass is 462 g/mol. The van der Waals surface area contributed by atoms with Crippen molar-refractivity contribution in [2.45, 2.75) is 13.0 Å². The summed E-state index contributed by atoms with van der Waals surface area (Å²) < 4.78 is 15.7. The van der Waals surface area contributed by atoms with Crippen LogP contribution in [0.15, 0.2) is 78.9 Å². The number of anilines is 1. The zero-order valence-corrected chi connectivity index (χ0v) is 18.9. The van der Waals surface area contributed by atoms with E-state index in [4.69, 9.17) is 14.2 Å². The predicted octanol–water partition coefficient (Wildman–Crippen LogP) is 3.75. The SMILES string of the molecule is COc1cccc(NC(=O)COc2ccc(C(=O)OCC(=O)NC(C)c3ccccc3)cc2)c1. The Balaban J connectivity index is 1.42. The second-order valence-electron chi connectivity index (χ2n) is 7.37. The van der Waals surface area contributed by atoms with E-state index in [2.05, 4.69) is 10.6 Å². The lowest BCUT2D eigenvalue weighted by Gasteiger charge is -2.14. The van der Waals surface area contributed by atoms with Gasteiger partial charge >= 0.3 is 5.97 Å². The van der Waals surface area contributed by atoms with Gasteiger partial charge in [0.15, 0.2) is 13.2 Å². The van der Waals surface area contributed by atoms with Crippen molar-refractivity contribution in [3.05, 3.63) is 90.0 Å². The first kappa shape index (κ1) is 24.3. The summed E-state index contributed by atoms with van der Waals surface area (Å²) in [6.45, 7) is 1.25. The Morgan fingerprint density at radius 2 is 1.56 bits per heavy atom. The maximum Gasteiger partial charge on any atom is 0.338 e. The average Bonchev–Trinajstić information content (AvgIpc) is 2.87. The highest BCUT2D eigenvalue weighted by atomic mass is 16.5. The number of hydrogen-bond donors (Lipinski definition) is 2. The number of carbonyl (C=O) groups is 3. The van der Waals surface area contributed by atoms with Crippen molar-refractivity contribution < 1.29 is 28.6 Å². The number of amides is 2. The van der Waals surface area contributed by atoms with Gasteiger partial charge in [0.25, 0.3) is 11.8 Å². The second kappa shape index (κ2) is 12.1. The fraction of sp³-hybridized carbons (Fsp3) is 0.192. The smallest absolute Gasteiger partial charge is 0.338 e. The third-order valence-electron chi connectivity index (χ3n) is 4.82. The zero-order valence-electron chi connectivity index (χ0n) is 18.9. The molecule has 0 saturated heterocycles. The molecule has 0 bridgehead atoms. The van der Waals surface area contributed by atoms with E-state index in [9.17, 15) is 14.4 Å². The third-order valence-corrected chi connectivity index (χ3v) is 4.82. The Kier molecular flexibility index (Phi) is 8.62. The maximum absolute atomic E-state index is 12.2. The highest BCUT2D eigenvalue weighted by molar-refractivity contribution is 5.92. The highest BCUT2D eigenvalue weighted by Crippen LogP contribution is 2.17. The molecule has 3 aromatic carbocycles. The second-order valence-corrected chi connectivity index (χ2v) is 7.37. The summed E-state index contributed by atoms with van der Waals surface area (Å²) in [6.07, 6.45) is 0. The normalized spacial score (nSPS) is 11.1. The van der Waals surface area contributed by atoms with E-state index >= 15 is 0 Å². The molecular weight excluding hydrogens is 436 g/mol. The van der Waals surface area contributed by atoms with E-state index in [-0.39, 0.29) is 24.1 Å². The number of rotatable bonds is 10. The van der Waals surface area contributed by atoms with Gasteiger partial charge in [-0.15, -0.1) is 0 Å². The van der Waals surface area contributed by atoms with Gasteiger partial charge in [0.1, 0.15) is 11.5 Å². The van der Waals surface area contributed by atoms with Crippen molar-refractivity contribution in [2.24, 2.45) is 0 Å². The average molecular weight is 463 g/mol. The molecule has 8 heteroatoms. The summed E-state index contributed by atoms with van der Waals surface area (Å²) in [6, 6.07) is 22.4. The molecule has 0 aliphatic carbocycles. The van der Waals surface area contributed by atoms with Gasteiger partial charge in [-0.1, -0.05) is 36.4 Å². The summed E-state index contributed by atoms with van der Waals surface area (Å²) in [7, 11) is 1.55. The van der Waals surface area contributed by atoms with Crippen molar-refractivity contribution >= 4 is 23.5 Å². The van der Waals surface area contributed by atoms with Crippen LogP contribution in [0.1, 0.15) is 28.9 Å². The standard InChI is InChI=1S/C26H26N2O6/c1-18(19-7-4-3-5-8-19)27-24(29)17-34-26(31)20-11-13-22(14-12-20)33-16-25(30)28-21-9-6-10-23(15-21)32-2/h3-15,18H,16-17H2,1-2H3,(H,27,29)(H,28,30). The Morgan fingerprint density at radius 1 is 0.824 bits per heavy atom. The summed E-state index contributed by atoms with van der Waals surface area (Å²) in [5.41, 5.74) is 1.81. The van der Waals surface area contributed by atoms with Gasteiger partial charge in [-0.05, 0) is 48.9 Å². The summed E-state index contributed by atoms with van der Waals surface area (Å²) in [5, 5.41) is 5.49. The number of benzene rings is 3. The third kappa shape index (κ3) is 7.37. The molecule has 1 unspecified atom stereocenters. The summed E-state index contributed by atoms with van der Waals surface area (Å²) in [4.78, 5) is 36.4. The molecule has 3 rings (SSSR count). The van der Waals surface area contributed by atoms with Crippen LogP contribution in [-0.2, 0) is 14.3 Å². The van der Waals surface area contributed by atoms with Gasteiger partial charge < -0.3 is 24.8 Å². The molecule has 0 spiro atoms. The Bertz CT molecular complexity index is 1120. The molecule has 3 aromatic rings. The van der Waals surface area contributed by atoms with Crippen LogP contribution in [0, 0.1) is 0 Å². The lowest BCUT2D eigenvalue weighted by molar-refractivity contribution is -0.124. The fourth-order valence-electron chi connectivity index (χ4n) is 3.06. The minimum atomic E-state index is -0.634. The molecule has 176 valence electrons. The lowest BCUT2D eigenvalue weighted by atomic mass is 10.1. The predicted molar refractivity (Wildman–Crippen MR) is 127 cm³/mol. The minimum Gasteiger partial charge on any atom is -0.497 e. The molecule has 0 aliphatic rings. The van der Waals surface area contributed by atoms with Crippen molar-refractivity contribution in [1.29, 1.82) is 0 Å². The van der Waals surface area contributed by atoms with E-state index in [1.54, 1.807) is 43.5 Å². The largest absolute Gasteiger partial charge is 0.497 e. The van der Waals surface area contributed by atoms with E-state index in [1.165, 1.54) is 12.1 Å². The van der Waals surface area contributed by atoms with Gasteiger partial charge in [0.05, 0.1) is 18.7 Å². The van der Waals surface area contributed by atoms with Gasteiger partial charge in [-0.2, -0.15) is 0 Å². The molecule has 1 atom stereocenters. The molecule has 34 heavy (non-hydrogen) atoms. The number of esters is 1. The number of nitrogens with one attached hydrogen (secondary N) is 2. The topological polar surface area (TPSA) is 103 Å². The van der Waals surface area contributed by atoms with E-state index in [1.807, 2.05) is 37.3 Å². The van der Waals surface area contributed by atoms with Crippen LogP contribution in [0.3, 0.4) is 0 Å². The van der Waals surface area contributed by atoms with Crippen molar-refractivity contribution in [3.8, 4) is 11.5 Å². The molecule has 0 radical (unpaired) electrons. The fourth-order valence-corrected chi connectivity index (χ4v) is 3.06. The highest BCUT2D eigenvalue weighted by Gasteiger charge is 2.13. The van der Waals surface area contributed by atoms with Gasteiger partial charge in [0.2, 0.25) is 0 Å². The van der Waals surface area contributed by atoms with Gasteiger partial charge in [0, 0.05) is 11.8 Å². The first-order valence-electron chi connectivity index (χ1n) is 10.6. The molecule has 2 amide bonds. The quantitative estimate of drug-likeness (QED) is 0.445. The Morgan fingerprint density at radius 3 is 2.26 bits per heavy atom. The molecule has 2 N–H and O–H groups in total. The summed E-state index contributed by atoms with van der Waals surface area (Å²) >= 11 is 0. The van der Waals surface area contributed by atoms with Crippen LogP contribution < -0.4 is 20.1 Å². The van der Waals surface area contributed by atoms with Crippen molar-refractivity contribution in [2.75, 3.05) is 25.6 Å². The van der Waals surface area contributed by atoms with Crippen LogP contribution in [0.2, 0.25) is 0 Å². The Hall–Kier alpha value is -4.33. The Labute approximate surface area is 197 Å². The summed E-state index contributed by atoms with van der Waals surface area (Å²) in [5.74, 6) is -0.333. The first-order chi connectivity index (χ1) is 16.4. The maximum atomic E-state index is 12.2. The first-order valence-corrected chi connectivity index (χ1v) is 10.6. The minimum absolute atomic E-state index is 0.204. The van der Waals surface area contributed by atoms with Gasteiger partial charge in [-0.25, -0.2) is 4.79 Å². The molecular formula is C26H26N2O6. The van der Waals surface area contributed by atoms with E-state index in [0.29, 0.717) is 17.2 Å². The van der Waals surface area contributed by atoms with Crippen LogP contribution in [0.25, 0.3) is 0 Å². The number of carbonyl (C=O) groups excluding carboxylic acids is 3. The zero-order chi connectivity index (χ0) is 24.3. The molecule has 0 heterocycles. The number of methoxy groups -OCH3 is 1. The number of ether oxygens (including phenoxy) is 3. The molecule has 0 saturated carbocycles. The molecule has 0 aliphatic heterocycles. The van der Waals surface area contributed by atoms with Crippen LogP contribution in [-0.4, -0.2) is 38.1 Å². The van der Waals surface area contributed by atoms with Crippen LogP contribution in [0.5, 0.6) is 11.5 Å². The molecule has 0 aromatic heterocycles. The molecule has 0 fully saturated rings. The van der Waals surface area contributed by atoms with Crippen LogP contribution >= 0.6 is 0 Å². The van der Waals surface area contributed by atoms with Crippen molar-refractivity contribution in [1.82, 2.24) is 5.32 Å².